The van der Waals surface area contributed by atoms with E-state index in [2.05, 4.69) is 31.1 Å². The van der Waals surface area contributed by atoms with E-state index in [1.807, 2.05) is 5.51 Å². The number of aromatic nitrogens is 1. The van der Waals surface area contributed by atoms with E-state index >= 15 is 0 Å². The highest BCUT2D eigenvalue weighted by molar-refractivity contribution is 7.09. The van der Waals surface area contributed by atoms with Crippen LogP contribution in [0.4, 0.5) is 0 Å². The second kappa shape index (κ2) is 4.22. The summed E-state index contributed by atoms with van der Waals surface area (Å²) >= 11 is 1.76. The fraction of sp³-hybridized carbons (Fsp3) is 0.750. The molecule has 0 unspecified atom stereocenters. The van der Waals surface area contributed by atoms with E-state index in [0.29, 0.717) is 5.41 Å². The quantitative estimate of drug-likeness (QED) is 0.831. The summed E-state index contributed by atoms with van der Waals surface area (Å²) in [6, 6.07) is 0. The number of hydrogen-bond donors (Lipinski definition) is 1. The van der Waals surface area contributed by atoms with Gasteiger partial charge in [-0.2, -0.15) is 0 Å². The minimum Gasteiger partial charge on any atom is -0.311 e. The van der Waals surface area contributed by atoms with Gasteiger partial charge in [0.1, 0.15) is 0 Å². The SMILES string of the molecule is Cc1ncsc1CNCC1(C(C)C)CC1. The molecule has 1 aliphatic carbocycles. The van der Waals surface area contributed by atoms with Gasteiger partial charge in [0.05, 0.1) is 11.2 Å². The zero-order valence-electron chi connectivity index (χ0n) is 9.84. The molecule has 0 aliphatic heterocycles. The summed E-state index contributed by atoms with van der Waals surface area (Å²) in [6.45, 7) is 8.93. The zero-order valence-corrected chi connectivity index (χ0v) is 10.7. The number of rotatable bonds is 5. The third-order valence-corrected chi connectivity index (χ3v) is 4.66. The topological polar surface area (TPSA) is 24.9 Å². The number of aryl methyl sites for hydroxylation is 1. The molecule has 1 aromatic heterocycles. The molecule has 3 heteroatoms. The molecule has 1 N–H and O–H groups in total. The maximum atomic E-state index is 4.26. The Bertz CT molecular complexity index is 326. The summed E-state index contributed by atoms with van der Waals surface area (Å²) in [5, 5.41) is 3.58. The van der Waals surface area contributed by atoms with Gasteiger partial charge in [0.15, 0.2) is 0 Å². The molecule has 0 radical (unpaired) electrons. The molecule has 1 heterocycles. The van der Waals surface area contributed by atoms with Gasteiger partial charge in [-0.15, -0.1) is 11.3 Å². The van der Waals surface area contributed by atoms with E-state index < -0.39 is 0 Å². The largest absolute Gasteiger partial charge is 0.311 e. The minimum atomic E-state index is 0.610. The van der Waals surface area contributed by atoms with Gasteiger partial charge in [-0.1, -0.05) is 13.8 Å². The lowest BCUT2D eigenvalue weighted by atomic mass is 9.92. The van der Waals surface area contributed by atoms with Crippen molar-refractivity contribution in [3.63, 3.8) is 0 Å². The smallest absolute Gasteiger partial charge is 0.0798 e. The average molecular weight is 224 g/mol. The summed E-state index contributed by atoms with van der Waals surface area (Å²) in [5.41, 5.74) is 3.72. The van der Waals surface area contributed by atoms with Gasteiger partial charge >= 0.3 is 0 Å². The molecule has 1 saturated carbocycles. The first-order valence-corrected chi connectivity index (χ1v) is 6.62. The van der Waals surface area contributed by atoms with Crippen molar-refractivity contribution in [2.75, 3.05) is 6.54 Å². The van der Waals surface area contributed by atoms with Gasteiger partial charge in [-0.25, -0.2) is 4.98 Å². The Morgan fingerprint density at radius 3 is 2.73 bits per heavy atom. The van der Waals surface area contributed by atoms with Gasteiger partial charge < -0.3 is 5.32 Å². The van der Waals surface area contributed by atoms with Crippen LogP contribution in [0.1, 0.15) is 37.3 Å². The number of hydrogen-bond acceptors (Lipinski definition) is 3. The lowest BCUT2D eigenvalue weighted by molar-refractivity contribution is 0.338. The van der Waals surface area contributed by atoms with Crippen molar-refractivity contribution in [2.24, 2.45) is 11.3 Å². The lowest BCUT2D eigenvalue weighted by Crippen LogP contribution is -2.27. The molecule has 0 bridgehead atoms. The van der Waals surface area contributed by atoms with Crippen LogP contribution in [0.3, 0.4) is 0 Å². The van der Waals surface area contributed by atoms with Crippen molar-refractivity contribution in [3.05, 3.63) is 16.1 Å². The second-order valence-electron chi connectivity index (χ2n) is 4.98. The van der Waals surface area contributed by atoms with Crippen molar-refractivity contribution < 1.29 is 0 Å². The van der Waals surface area contributed by atoms with Crippen LogP contribution in [0.5, 0.6) is 0 Å². The average Bonchev–Trinajstić information content (AvgIpc) is 2.87. The lowest BCUT2D eigenvalue weighted by Gasteiger charge is -2.19. The first-order valence-electron chi connectivity index (χ1n) is 5.74. The van der Waals surface area contributed by atoms with Gasteiger partial charge in [0.2, 0.25) is 0 Å². The maximum absolute atomic E-state index is 4.26. The van der Waals surface area contributed by atoms with Crippen LogP contribution in [0.2, 0.25) is 0 Å². The van der Waals surface area contributed by atoms with Crippen molar-refractivity contribution in [1.29, 1.82) is 0 Å². The van der Waals surface area contributed by atoms with Crippen LogP contribution < -0.4 is 5.32 Å². The molecule has 0 amide bonds. The van der Waals surface area contributed by atoms with Crippen LogP contribution in [-0.2, 0) is 6.54 Å². The predicted octanol–water partition coefficient (Wildman–Crippen LogP) is 2.98. The first-order chi connectivity index (χ1) is 7.14. The number of nitrogens with zero attached hydrogens (tertiary/aromatic N) is 1. The molecule has 1 aromatic rings. The molecule has 1 aliphatic rings. The minimum absolute atomic E-state index is 0.610. The van der Waals surface area contributed by atoms with Gasteiger partial charge in [0, 0.05) is 18.0 Å². The molecular weight excluding hydrogens is 204 g/mol. The molecule has 0 aromatic carbocycles. The Kier molecular flexibility index (Phi) is 3.12. The third kappa shape index (κ3) is 2.40. The van der Waals surface area contributed by atoms with E-state index in [1.54, 1.807) is 11.3 Å². The van der Waals surface area contributed by atoms with E-state index in [1.165, 1.54) is 30.0 Å². The standard InChI is InChI=1S/C12H20N2S/c1-9(2)12(4-5-12)7-13-6-11-10(3)14-8-15-11/h8-9,13H,4-7H2,1-3H3. The maximum Gasteiger partial charge on any atom is 0.0798 e. The Labute approximate surface area is 96.1 Å². The van der Waals surface area contributed by atoms with Gasteiger partial charge in [0.25, 0.3) is 0 Å². The molecule has 84 valence electrons. The second-order valence-corrected chi connectivity index (χ2v) is 5.92. The zero-order chi connectivity index (χ0) is 10.9. The molecule has 0 saturated heterocycles. The first kappa shape index (κ1) is 11.1. The normalized spacial score (nSPS) is 18.4. The van der Waals surface area contributed by atoms with Crippen molar-refractivity contribution >= 4 is 11.3 Å². The Morgan fingerprint density at radius 2 is 2.27 bits per heavy atom. The molecular formula is C12H20N2S. The molecule has 0 atom stereocenters. The van der Waals surface area contributed by atoms with Crippen molar-refractivity contribution in [3.8, 4) is 0 Å². The molecule has 0 spiro atoms. The summed E-state index contributed by atoms with van der Waals surface area (Å²) in [4.78, 5) is 5.64. The number of thiazole rings is 1. The number of nitrogens with one attached hydrogen (secondary N) is 1. The Balaban J connectivity index is 1.78. The monoisotopic (exact) mass is 224 g/mol. The third-order valence-electron chi connectivity index (χ3n) is 3.72. The van der Waals surface area contributed by atoms with Gasteiger partial charge in [-0.3, -0.25) is 0 Å². The summed E-state index contributed by atoms with van der Waals surface area (Å²) in [7, 11) is 0. The Hall–Kier alpha value is -0.410. The van der Waals surface area contributed by atoms with E-state index in [9.17, 15) is 0 Å². The highest BCUT2D eigenvalue weighted by Crippen LogP contribution is 2.51. The van der Waals surface area contributed by atoms with E-state index in [4.69, 9.17) is 0 Å². The van der Waals surface area contributed by atoms with Crippen molar-refractivity contribution in [2.45, 2.75) is 40.2 Å². The summed E-state index contributed by atoms with van der Waals surface area (Å²) in [5.74, 6) is 0.813. The Morgan fingerprint density at radius 1 is 1.53 bits per heavy atom. The fourth-order valence-corrected chi connectivity index (χ4v) is 2.79. The van der Waals surface area contributed by atoms with E-state index in [-0.39, 0.29) is 0 Å². The van der Waals surface area contributed by atoms with Crippen molar-refractivity contribution in [1.82, 2.24) is 10.3 Å². The van der Waals surface area contributed by atoms with Gasteiger partial charge in [-0.05, 0) is 31.1 Å². The van der Waals surface area contributed by atoms with Crippen LogP contribution in [0.15, 0.2) is 5.51 Å². The van der Waals surface area contributed by atoms with Crippen LogP contribution in [0.25, 0.3) is 0 Å². The fourth-order valence-electron chi connectivity index (χ4n) is 2.04. The molecule has 1 fully saturated rings. The molecule has 2 nitrogen and oxygen atoms in total. The predicted molar refractivity (Wildman–Crippen MR) is 65.1 cm³/mol. The van der Waals surface area contributed by atoms with Crippen LogP contribution in [0, 0.1) is 18.3 Å². The van der Waals surface area contributed by atoms with E-state index in [0.717, 1.165) is 12.5 Å². The van der Waals surface area contributed by atoms with Crippen LogP contribution >= 0.6 is 11.3 Å². The van der Waals surface area contributed by atoms with Crippen LogP contribution in [-0.4, -0.2) is 11.5 Å². The highest BCUT2D eigenvalue weighted by Gasteiger charge is 2.44. The summed E-state index contributed by atoms with van der Waals surface area (Å²) < 4.78 is 0. The molecule has 2 rings (SSSR count). The molecule has 15 heavy (non-hydrogen) atoms. The highest BCUT2D eigenvalue weighted by atomic mass is 32.1. The summed E-state index contributed by atoms with van der Waals surface area (Å²) in [6.07, 6.45) is 2.80.